The highest BCUT2D eigenvalue weighted by Gasteiger charge is 2.40. The van der Waals surface area contributed by atoms with Gasteiger partial charge in [-0.2, -0.15) is 13.2 Å². The van der Waals surface area contributed by atoms with Crippen molar-refractivity contribution in [1.82, 2.24) is 20.2 Å². The van der Waals surface area contributed by atoms with Crippen LogP contribution in [0.15, 0.2) is 48.5 Å². The van der Waals surface area contributed by atoms with Gasteiger partial charge in [-0.05, 0) is 59.5 Å². The molecule has 3 aromatic carbocycles. The number of aliphatic carboxylic acids is 1. The molecule has 0 unspecified atom stereocenters. The number of amides is 2. The van der Waals surface area contributed by atoms with Crippen LogP contribution in [0.4, 0.5) is 31.1 Å². The van der Waals surface area contributed by atoms with Gasteiger partial charge in [0.05, 0.1) is 29.7 Å². The molecule has 1 aliphatic heterocycles. The van der Waals surface area contributed by atoms with Crippen molar-refractivity contribution < 1.29 is 65.2 Å². The molecule has 0 bridgehead atoms. The van der Waals surface area contributed by atoms with Gasteiger partial charge in [0.1, 0.15) is 17.6 Å². The lowest BCUT2D eigenvalue weighted by Gasteiger charge is -2.30. The number of aromatic nitrogens is 2. The lowest BCUT2D eigenvalue weighted by atomic mass is 9.98. The highest BCUT2D eigenvalue weighted by molar-refractivity contribution is 6.05. The molecule has 0 radical (unpaired) electrons. The summed E-state index contributed by atoms with van der Waals surface area (Å²) in [7, 11) is 1.24. The number of alkyl carbamates (subject to hydrolysis) is 1. The molecule has 1 aliphatic rings. The maximum absolute atomic E-state index is 13.6. The van der Waals surface area contributed by atoms with Crippen molar-refractivity contribution in [2.45, 2.75) is 51.8 Å². The van der Waals surface area contributed by atoms with Gasteiger partial charge in [0, 0.05) is 17.5 Å². The second kappa shape index (κ2) is 14.7. The van der Waals surface area contributed by atoms with Crippen molar-refractivity contribution in [1.29, 1.82) is 0 Å². The van der Waals surface area contributed by atoms with Crippen LogP contribution >= 0.6 is 0 Å². The first-order chi connectivity index (χ1) is 23.7. The highest BCUT2D eigenvalue weighted by atomic mass is 19.4. The number of carbonyl (C=O) groups excluding carboxylic acids is 2. The summed E-state index contributed by atoms with van der Waals surface area (Å²) in [4.78, 5) is 55.8. The van der Waals surface area contributed by atoms with Crippen LogP contribution < -0.4 is 10.1 Å². The number of rotatable bonds is 7. The van der Waals surface area contributed by atoms with Crippen LogP contribution in [0.5, 0.6) is 5.75 Å². The number of H-pyrrole nitrogens is 1. The minimum Gasteiger partial charge on any atom is -0.478 e. The molecule has 2 heterocycles. The number of carboxylic acids is 2. The summed E-state index contributed by atoms with van der Waals surface area (Å²) in [5, 5.41) is 20.4. The van der Waals surface area contributed by atoms with Crippen molar-refractivity contribution in [2.75, 3.05) is 13.7 Å². The molecule has 51 heavy (non-hydrogen) atoms. The van der Waals surface area contributed by atoms with Crippen LogP contribution in [0.3, 0.4) is 0 Å². The maximum Gasteiger partial charge on any atom is 0.573 e. The SMILES string of the molecule is COC(=O)N[C@H](C(=O)N1C[C@@H](C)C[C@H]1c1nc2c(ccc3cc(-c4ccc(C(=O)O)cc4OC(F)(F)F)ccc32)[nH]1)C(C)C.O=C(O)C(F)(F)F. The smallest absolute Gasteiger partial charge is 0.478 e. The number of carboxylic acid groups (broad SMARTS) is 2. The monoisotopic (exact) mass is 726 g/mol. The zero-order chi connectivity index (χ0) is 38.0. The largest absolute Gasteiger partial charge is 0.573 e. The topological polar surface area (TPSA) is 171 Å². The number of carbonyl (C=O) groups is 4. The van der Waals surface area contributed by atoms with Crippen molar-refractivity contribution >= 4 is 45.7 Å². The number of nitrogens with one attached hydrogen (secondary N) is 2. The number of aromatic amines is 1. The fourth-order valence-electron chi connectivity index (χ4n) is 5.68. The van der Waals surface area contributed by atoms with Crippen LogP contribution in [0.1, 0.15) is 49.4 Å². The van der Waals surface area contributed by atoms with E-state index in [-0.39, 0.29) is 34.9 Å². The van der Waals surface area contributed by atoms with E-state index in [0.717, 1.165) is 11.5 Å². The highest BCUT2D eigenvalue weighted by Crippen LogP contribution is 2.39. The van der Waals surface area contributed by atoms with Crippen LogP contribution in [0.25, 0.3) is 32.9 Å². The average Bonchev–Trinajstić information content (AvgIpc) is 3.65. The van der Waals surface area contributed by atoms with E-state index in [9.17, 15) is 45.8 Å². The number of nitrogens with zero attached hydrogens (tertiary/aromatic N) is 2. The van der Waals surface area contributed by atoms with Crippen LogP contribution in [0, 0.1) is 11.8 Å². The second-order valence-corrected chi connectivity index (χ2v) is 12.1. The lowest BCUT2D eigenvalue weighted by molar-refractivity contribution is -0.274. The predicted octanol–water partition coefficient (Wildman–Crippen LogP) is 6.90. The van der Waals surface area contributed by atoms with Gasteiger partial charge in [0.25, 0.3) is 0 Å². The summed E-state index contributed by atoms with van der Waals surface area (Å²) in [5.41, 5.74) is 1.47. The Labute approximate surface area is 285 Å². The Morgan fingerprint density at radius 2 is 1.67 bits per heavy atom. The van der Waals surface area contributed by atoms with Gasteiger partial charge in [0.2, 0.25) is 5.91 Å². The van der Waals surface area contributed by atoms with E-state index in [1.54, 1.807) is 35.2 Å². The summed E-state index contributed by atoms with van der Waals surface area (Å²) in [6.07, 6.45) is -10.1. The van der Waals surface area contributed by atoms with Gasteiger partial charge < -0.3 is 34.9 Å². The van der Waals surface area contributed by atoms with Crippen molar-refractivity contribution in [3.63, 3.8) is 0 Å². The van der Waals surface area contributed by atoms with Crippen molar-refractivity contribution in [2.24, 2.45) is 11.8 Å². The molecule has 1 saturated heterocycles. The standard InChI is InChI=1S/C31H31F3N4O6.C2HF3O2/c1-15(2)25(37-30(42)43-4)28(39)38-14-16(3)11-23(38)27-35-22-10-7-18-12-17(5-9-21(18)26(22)36-27)20-8-6-19(29(40)41)13-24(20)44-31(32,33)34;3-2(4,5)1(6)7/h5-10,12-13,15-16,23,25H,11,14H2,1-4H3,(H,35,36)(H,37,42)(H,40,41);(H,6,7)/t16-,23-,25-;/m0./s1. The van der Waals surface area contributed by atoms with Gasteiger partial charge in [-0.25, -0.2) is 19.4 Å². The van der Waals surface area contributed by atoms with E-state index in [1.807, 2.05) is 20.8 Å². The number of alkyl halides is 6. The number of methoxy groups -OCH3 is 1. The Balaban J connectivity index is 0.000000755. The van der Waals surface area contributed by atoms with E-state index in [0.29, 0.717) is 40.8 Å². The minimum atomic E-state index is -5.08. The molecule has 0 saturated carbocycles. The number of aromatic carboxylic acids is 1. The normalized spacial score (nSPS) is 16.8. The summed E-state index contributed by atoms with van der Waals surface area (Å²) >= 11 is 0. The molecule has 0 spiro atoms. The van der Waals surface area contributed by atoms with Gasteiger partial charge in [0.15, 0.2) is 0 Å². The zero-order valence-corrected chi connectivity index (χ0v) is 27.3. The molecule has 12 nitrogen and oxygen atoms in total. The first kappa shape index (κ1) is 38.3. The first-order valence-electron chi connectivity index (χ1n) is 15.2. The number of halogens is 6. The second-order valence-electron chi connectivity index (χ2n) is 12.1. The molecule has 1 aromatic heterocycles. The number of imidazole rings is 1. The Kier molecular flexibility index (Phi) is 11.1. The molecule has 4 N–H and O–H groups in total. The molecular weight excluding hydrogens is 694 g/mol. The molecule has 0 aliphatic carbocycles. The number of ether oxygens (including phenoxy) is 2. The van der Waals surface area contributed by atoms with E-state index in [4.69, 9.17) is 19.6 Å². The van der Waals surface area contributed by atoms with Gasteiger partial charge in [-0.15, -0.1) is 13.2 Å². The molecular formula is C33H32F6N4O8. The average molecular weight is 727 g/mol. The maximum atomic E-state index is 13.6. The first-order valence-corrected chi connectivity index (χ1v) is 15.2. The summed E-state index contributed by atoms with van der Waals surface area (Å²) in [5.74, 6) is -4.41. The third-order valence-electron chi connectivity index (χ3n) is 7.99. The van der Waals surface area contributed by atoms with E-state index >= 15 is 0 Å². The summed E-state index contributed by atoms with van der Waals surface area (Å²) < 4.78 is 80.1. The number of hydrogen-bond donors (Lipinski definition) is 4. The van der Waals surface area contributed by atoms with Crippen LogP contribution in [-0.2, 0) is 14.3 Å². The Morgan fingerprint density at radius 3 is 2.24 bits per heavy atom. The molecule has 1 fully saturated rings. The molecule has 274 valence electrons. The fourth-order valence-corrected chi connectivity index (χ4v) is 5.68. The fraction of sp³-hybridized carbons (Fsp3) is 0.364. The number of likely N-dealkylation sites (tertiary alicyclic amines) is 1. The Morgan fingerprint density at radius 1 is 1.00 bits per heavy atom. The van der Waals surface area contributed by atoms with E-state index < -0.39 is 42.4 Å². The van der Waals surface area contributed by atoms with Gasteiger partial charge in [-0.1, -0.05) is 39.0 Å². The third kappa shape index (κ3) is 8.98. The molecule has 2 amide bonds. The number of benzene rings is 3. The Hall–Kier alpha value is -5.55. The number of hydrogen-bond acceptors (Lipinski definition) is 7. The quantitative estimate of drug-likeness (QED) is 0.148. The minimum absolute atomic E-state index is 0.0754. The van der Waals surface area contributed by atoms with Gasteiger partial charge in [-0.3, -0.25) is 4.79 Å². The molecule has 5 rings (SSSR count). The van der Waals surface area contributed by atoms with E-state index in [2.05, 4.69) is 15.0 Å². The molecule has 4 aromatic rings. The predicted molar refractivity (Wildman–Crippen MR) is 169 cm³/mol. The van der Waals surface area contributed by atoms with Gasteiger partial charge >= 0.3 is 30.6 Å². The van der Waals surface area contributed by atoms with Crippen molar-refractivity contribution in [3.8, 4) is 16.9 Å². The van der Waals surface area contributed by atoms with Crippen LogP contribution in [0.2, 0.25) is 0 Å². The van der Waals surface area contributed by atoms with Crippen LogP contribution in [-0.4, -0.2) is 81.3 Å². The van der Waals surface area contributed by atoms with E-state index in [1.165, 1.54) is 19.2 Å². The Bertz CT molecular complexity index is 1960. The number of fused-ring (bicyclic) bond motifs is 3. The summed E-state index contributed by atoms with van der Waals surface area (Å²) in [6.45, 7) is 6.21. The third-order valence-corrected chi connectivity index (χ3v) is 7.99. The molecule has 18 heteroatoms. The summed E-state index contributed by atoms with van der Waals surface area (Å²) in [6, 6.07) is 10.8. The zero-order valence-electron chi connectivity index (χ0n) is 27.3. The van der Waals surface area contributed by atoms with Crippen molar-refractivity contribution in [3.05, 3.63) is 59.9 Å². The lowest BCUT2D eigenvalue weighted by Crippen LogP contribution is -2.51. The molecule has 3 atom stereocenters.